The first kappa shape index (κ1) is 22.3. The van der Waals surface area contributed by atoms with Gasteiger partial charge in [0.1, 0.15) is 0 Å². The van der Waals surface area contributed by atoms with Gasteiger partial charge in [0, 0.05) is 19.5 Å². The highest BCUT2D eigenvalue weighted by Gasteiger charge is 2.14. The second-order valence-electron chi connectivity index (χ2n) is 8.34. The van der Waals surface area contributed by atoms with Crippen molar-refractivity contribution in [2.45, 2.75) is 39.9 Å². The van der Waals surface area contributed by atoms with E-state index in [-0.39, 0.29) is 18.9 Å². The van der Waals surface area contributed by atoms with E-state index in [2.05, 4.69) is 5.32 Å². The highest BCUT2D eigenvalue weighted by Crippen LogP contribution is 2.13. The molecule has 1 heterocycles. The number of aromatic nitrogens is 2. The average Bonchev–Trinajstić information content (AvgIpc) is 2.82. The second kappa shape index (κ2) is 9.69. The number of hydrogen-bond acceptors (Lipinski definition) is 3. The van der Waals surface area contributed by atoms with Crippen LogP contribution in [0, 0.1) is 13.8 Å². The summed E-state index contributed by atoms with van der Waals surface area (Å²) >= 11 is 0. The van der Waals surface area contributed by atoms with Crippen molar-refractivity contribution in [1.29, 1.82) is 0 Å². The van der Waals surface area contributed by atoms with Crippen LogP contribution in [0.25, 0.3) is 11.0 Å². The zero-order valence-corrected chi connectivity index (χ0v) is 18.9. The molecule has 3 aromatic carbocycles. The Hall–Kier alpha value is -3.93. The van der Waals surface area contributed by atoms with Gasteiger partial charge in [-0.25, -0.2) is 0 Å². The van der Waals surface area contributed by atoms with Gasteiger partial charge in [-0.05, 0) is 37.1 Å². The van der Waals surface area contributed by atoms with Gasteiger partial charge in [0.25, 0.3) is 0 Å². The topological polar surface area (TPSA) is 73.1 Å². The molecule has 6 heteroatoms. The van der Waals surface area contributed by atoms with Gasteiger partial charge in [-0.1, -0.05) is 71.8 Å². The van der Waals surface area contributed by atoms with Crippen molar-refractivity contribution < 1.29 is 4.79 Å². The van der Waals surface area contributed by atoms with Crippen LogP contribution in [-0.4, -0.2) is 15.0 Å². The molecule has 0 bridgehead atoms. The summed E-state index contributed by atoms with van der Waals surface area (Å²) in [6.45, 7) is 4.88. The minimum absolute atomic E-state index is 0.108. The predicted octanol–water partition coefficient (Wildman–Crippen LogP) is 3.53. The van der Waals surface area contributed by atoms with Crippen molar-refractivity contribution in [3.05, 3.63) is 116 Å². The number of fused-ring (bicyclic) bond motifs is 1. The summed E-state index contributed by atoms with van der Waals surface area (Å²) in [5.74, 6) is -0.170. The van der Waals surface area contributed by atoms with Crippen LogP contribution >= 0.6 is 0 Å². The third-order valence-electron chi connectivity index (χ3n) is 5.73. The van der Waals surface area contributed by atoms with Gasteiger partial charge in [0.2, 0.25) is 5.91 Å². The number of carbonyl (C=O) groups is 1. The van der Waals surface area contributed by atoms with Crippen LogP contribution in [0.3, 0.4) is 0 Å². The van der Waals surface area contributed by atoms with Crippen molar-refractivity contribution in [2.75, 3.05) is 0 Å². The summed E-state index contributed by atoms with van der Waals surface area (Å²) in [5, 5.41) is 2.89. The van der Waals surface area contributed by atoms with Crippen molar-refractivity contribution in [2.24, 2.45) is 0 Å². The fraction of sp³-hybridized carbons (Fsp3) is 0.222. The Kier molecular flexibility index (Phi) is 6.54. The van der Waals surface area contributed by atoms with Crippen molar-refractivity contribution in [3.8, 4) is 0 Å². The van der Waals surface area contributed by atoms with E-state index >= 15 is 0 Å². The molecule has 6 nitrogen and oxygen atoms in total. The van der Waals surface area contributed by atoms with E-state index in [0.29, 0.717) is 24.1 Å². The number of para-hydroxylation sites is 2. The molecule has 1 aromatic heterocycles. The number of hydrogen-bond donors (Lipinski definition) is 1. The molecule has 0 radical (unpaired) electrons. The normalized spacial score (nSPS) is 11.0. The van der Waals surface area contributed by atoms with Crippen LogP contribution in [0.5, 0.6) is 0 Å². The molecule has 0 saturated heterocycles. The summed E-state index contributed by atoms with van der Waals surface area (Å²) in [4.78, 5) is 38.4. The lowest BCUT2D eigenvalue weighted by molar-refractivity contribution is -0.121. The minimum Gasteiger partial charge on any atom is -0.352 e. The molecule has 1 N–H and O–H groups in total. The zero-order valence-electron chi connectivity index (χ0n) is 18.9. The van der Waals surface area contributed by atoms with Crippen LogP contribution in [0.2, 0.25) is 0 Å². The third-order valence-corrected chi connectivity index (χ3v) is 5.73. The smallest absolute Gasteiger partial charge is 0.317 e. The lowest BCUT2D eigenvalue weighted by atomic mass is 10.1. The van der Waals surface area contributed by atoms with Gasteiger partial charge in [0.05, 0.1) is 17.6 Å². The largest absolute Gasteiger partial charge is 0.352 e. The third kappa shape index (κ3) is 5.12. The molecular formula is C27H27N3O3. The van der Waals surface area contributed by atoms with Crippen LogP contribution in [-0.2, 0) is 24.4 Å². The van der Waals surface area contributed by atoms with Crippen LogP contribution < -0.4 is 16.4 Å². The number of amides is 1. The minimum atomic E-state index is -0.618. The fourth-order valence-electron chi connectivity index (χ4n) is 3.95. The molecule has 0 aliphatic rings. The number of benzene rings is 3. The summed E-state index contributed by atoms with van der Waals surface area (Å²) in [7, 11) is 0. The van der Waals surface area contributed by atoms with Gasteiger partial charge in [-0.3, -0.25) is 19.0 Å². The molecule has 0 saturated carbocycles. The van der Waals surface area contributed by atoms with E-state index in [0.717, 1.165) is 22.3 Å². The van der Waals surface area contributed by atoms with Gasteiger partial charge < -0.3 is 9.88 Å². The lowest BCUT2D eigenvalue weighted by Gasteiger charge is -2.15. The first-order chi connectivity index (χ1) is 15.9. The maximum Gasteiger partial charge on any atom is 0.317 e. The fourth-order valence-corrected chi connectivity index (χ4v) is 3.95. The molecule has 1 amide bonds. The highest BCUT2D eigenvalue weighted by molar-refractivity contribution is 5.77. The molecule has 4 aromatic rings. The average molecular weight is 442 g/mol. The molecule has 0 spiro atoms. The standard InChI is InChI=1S/C27H27N3O3/c1-19-10-12-21(13-11-19)18-30-24-9-4-3-8-23(24)29(26(32)27(30)33)15-14-25(31)28-17-22-7-5-6-20(2)16-22/h3-13,16H,14-15,17-18H2,1-2H3,(H,28,31). The van der Waals surface area contributed by atoms with Crippen molar-refractivity contribution in [1.82, 2.24) is 14.5 Å². The monoisotopic (exact) mass is 441 g/mol. The van der Waals surface area contributed by atoms with Crippen LogP contribution in [0.1, 0.15) is 28.7 Å². The zero-order chi connectivity index (χ0) is 23.4. The van der Waals surface area contributed by atoms with Gasteiger partial charge in [-0.15, -0.1) is 0 Å². The maximum absolute atomic E-state index is 13.0. The van der Waals surface area contributed by atoms with Gasteiger partial charge in [0.15, 0.2) is 0 Å². The number of aryl methyl sites for hydroxylation is 3. The lowest BCUT2D eigenvalue weighted by Crippen LogP contribution is -2.42. The molecule has 0 fully saturated rings. The highest BCUT2D eigenvalue weighted by atomic mass is 16.2. The SMILES string of the molecule is Cc1ccc(Cn2c(=O)c(=O)n(CCC(=O)NCc3cccc(C)c3)c3ccccc32)cc1. The molecular weight excluding hydrogens is 414 g/mol. The molecule has 0 unspecified atom stereocenters. The first-order valence-corrected chi connectivity index (χ1v) is 11.0. The Morgan fingerprint density at radius 2 is 1.42 bits per heavy atom. The molecule has 0 atom stereocenters. The molecule has 33 heavy (non-hydrogen) atoms. The number of nitrogens with zero attached hydrogens (tertiary/aromatic N) is 2. The first-order valence-electron chi connectivity index (χ1n) is 11.0. The van der Waals surface area contributed by atoms with Crippen LogP contribution in [0.15, 0.2) is 82.4 Å². The molecule has 0 aliphatic heterocycles. The summed E-state index contributed by atoms with van der Waals surface area (Å²) in [5.41, 5.74) is 4.33. The van der Waals surface area contributed by atoms with E-state index in [1.165, 1.54) is 9.13 Å². The van der Waals surface area contributed by atoms with Gasteiger partial charge >= 0.3 is 11.1 Å². The van der Waals surface area contributed by atoms with Crippen molar-refractivity contribution in [3.63, 3.8) is 0 Å². The van der Waals surface area contributed by atoms with E-state index in [1.807, 2.05) is 86.6 Å². The number of nitrogens with one attached hydrogen (secondary N) is 1. The van der Waals surface area contributed by atoms with E-state index < -0.39 is 11.1 Å². The molecule has 4 rings (SSSR count). The number of rotatable bonds is 7. The second-order valence-corrected chi connectivity index (χ2v) is 8.34. The summed E-state index contributed by atoms with van der Waals surface area (Å²) in [6.07, 6.45) is 0.108. The van der Waals surface area contributed by atoms with E-state index in [1.54, 1.807) is 0 Å². The molecule has 168 valence electrons. The Bertz CT molecular complexity index is 1420. The van der Waals surface area contributed by atoms with Crippen LogP contribution in [0.4, 0.5) is 0 Å². The Morgan fingerprint density at radius 3 is 2.12 bits per heavy atom. The number of carbonyl (C=O) groups excluding carboxylic acids is 1. The Morgan fingerprint density at radius 1 is 0.758 bits per heavy atom. The summed E-state index contributed by atoms with van der Waals surface area (Å²) < 4.78 is 2.92. The predicted molar refractivity (Wildman–Crippen MR) is 130 cm³/mol. The van der Waals surface area contributed by atoms with E-state index in [9.17, 15) is 14.4 Å². The maximum atomic E-state index is 13.0. The quantitative estimate of drug-likeness (QED) is 0.446. The molecule has 0 aliphatic carbocycles. The Balaban J connectivity index is 1.56. The summed E-state index contributed by atoms with van der Waals surface area (Å²) in [6, 6.07) is 23.1. The van der Waals surface area contributed by atoms with Crippen molar-refractivity contribution >= 4 is 16.9 Å². The Labute approximate surface area is 192 Å². The van der Waals surface area contributed by atoms with E-state index in [4.69, 9.17) is 0 Å². The van der Waals surface area contributed by atoms with Gasteiger partial charge in [-0.2, -0.15) is 0 Å².